The molecule has 0 radical (unpaired) electrons. The van der Waals surface area contributed by atoms with Crippen LogP contribution in [0.4, 0.5) is 4.79 Å². The highest BCUT2D eigenvalue weighted by molar-refractivity contribution is 7.91. The average Bonchev–Trinajstić information content (AvgIpc) is 3.31. The van der Waals surface area contributed by atoms with Crippen LogP contribution in [0.5, 0.6) is 0 Å². The first-order valence-electron chi connectivity index (χ1n) is 11.0. The van der Waals surface area contributed by atoms with E-state index in [1.807, 2.05) is 20.8 Å². The number of rotatable bonds is 5. The fourth-order valence-corrected chi connectivity index (χ4v) is 4.72. The maximum atomic E-state index is 12.4. The van der Waals surface area contributed by atoms with Crippen LogP contribution in [0.1, 0.15) is 73.9 Å². The van der Waals surface area contributed by atoms with Crippen molar-refractivity contribution in [3.8, 4) is 0 Å². The minimum absolute atomic E-state index is 0.0448. The first-order chi connectivity index (χ1) is 15.4. The summed E-state index contributed by atoms with van der Waals surface area (Å²) in [6, 6.07) is 6.46. The van der Waals surface area contributed by atoms with E-state index in [2.05, 4.69) is 24.1 Å². The van der Waals surface area contributed by atoms with Crippen molar-refractivity contribution in [1.82, 2.24) is 15.2 Å². The lowest BCUT2D eigenvalue weighted by Crippen LogP contribution is -2.33. The van der Waals surface area contributed by atoms with E-state index >= 15 is 0 Å². The maximum Gasteiger partial charge on any atom is 0.410 e. The Labute approximate surface area is 200 Å². The first-order valence-corrected chi connectivity index (χ1v) is 13.4. The van der Waals surface area contributed by atoms with Gasteiger partial charge in [0.2, 0.25) is 0 Å². The van der Waals surface area contributed by atoms with Gasteiger partial charge in [-0.3, -0.25) is 9.69 Å². The zero-order chi connectivity index (χ0) is 24.8. The molecule has 0 spiro atoms. The van der Waals surface area contributed by atoms with Gasteiger partial charge in [0.05, 0.1) is 29.4 Å². The molecule has 33 heavy (non-hydrogen) atoms. The molecule has 0 saturated heterocycles. The molecule has 2 heterocycles. The number of hydrogen-bond acceptors (Lipinski definition) is 7. The van der Waals surface area contributed by atoms with Crippen molar-refractivity contribution in [3.63, 3.8) is 0 Å². The number of fused-ring (bicyclic) bond motifs is 1. The number of ether oxygens (including phenoxy) is 1. The third-order valence-electron chi connectivity index (χ3n) is 4.41. The molecule has 3 rings (SSSR count). The average molecular weight is 496 g/mol. The van der Waals surface area contributed by atoms with Crippen LogP contribution >= 0.6 is 11.3 Å². The molecule has 0 bridgehead atoms. The first kappa shape index (κ1) is 26.8. The van der Waals surface area contributed by atoms with Gasteiger partial charge >= 0.3 is 6.09 Å². The fraction of sp³-hybridized carbons (Fsp3) is 0.522. The number of aromatic nitrogens is 1. The van der Waals surface area contributed by atoms with Crippen molar-refractivity contribution in [1.29, 1.82) is 0 Å². The largest absolute Gasteiger partial charge is 0.444 e. The van der Waals surface area contributed by atoms with Gasteiger partial charge in [-0.25, -0.2) is 18.2 Å². The standard InChI is InChI=1S/C20H25N3O5S2.C3H8/c1-5-30(26,27)14-8-6-13(7-9-14)10-21-17(24)18-22-15-11-23(12-16(15)29-18)19(25)28-20(2,3)4;1-3-2/h6-9H,5,10-12H2,1-4H3,(H,21,24);3H2,1-2H3. The summed E-state index contributed by atoms with van der Waals surface area (Å²) in [7, 11) is -3.24. The van der Waals surface area contributed by atoms with Crippen molar-refractivity contribution in [2.24, 2.45) is 0 Å². The van der Waals surface area contributed by atoms with Crippen LogP contribution in [-0.2, 0) is 34.2 Å². The summed E-state index contributed by atoms with van der Waals surface area (Å²) in [5, 5.41) is 3.14. The molecule has 0 atom stereocenters. The van der Waals surface area contributed by atoms with Crippen LogP contribution in [0, 0.1) is 0 Å². The molecule has 0 aliphatic carbocycles. The highest BCUT2D eigenvalue weighted by atomic mass is 32.2. The van der Waals surface area contributed by atoms with Gasteiger partial charge in [0, 0.05) is 11.4 Å². The Morgan fingerprint density at radius 2 is 1.73 bits per heavy atom. The van der Waals surface area contributed by atoms with Crippen LogP contribution in [0.2, 0.25) is 0 Å². The minimum atomic E-state index is -3.24. The molecule has 10 heteroatoms. The number of nitrogens with one attached hydrogen (secondary N) is 1. The number of benzene rings is 1. The van der Waals surface area contributed by atoms with E-state index in [0.717, 1.165) is 10.4 Å². The number of carbonyl (C=O) groups is 2. The molecular weight excluding hydrogens is 462 g/mol. The van der Waals surface area contributed by atoms with E-state index in [-0.39, 0.29) is 23.1 Å². The zero-order valence-corrected chi connectivity index (χ0v) is 21.7. The van der Waals surface area contributed by atoms with Crippen LogP contribution < -0.4 is 5.32 Å². The summed E-state index contributed by atoms with van der Waals surface area (Å²) in [4.78, 5) is 31.7. The van der Waals surface area contributed by atoms with Gasteiger partial charge < -0.3 is 10.1 Å². The molecule has 182 valence electrons. The molecule has 1 aliphatic heterocycles. The van der Waals surface area contributed by atoms with Gasteiger partial charge in [0.15, 0.2) is 14.8 Å². The summed E-state index contributed by atoms with van der Waals surface area (Å²) in [6.45, 7) is 12.3. The van der Waals surface area contributed by atoms with Crippen LogP contribution in [0.25, 0.3) is 0 Å². The number of hydrogen-bond donors (Lipinski definition) is 1. The van der Waals surface area contributed by atoms with Crippen LogP contribution in [0.15, 0.2) is 29.2 Å². The maximum absolute atomic E-state index is 12.4. The second-order valence-electron chi connectivity index (χ2n) is 8.66. The Bertz CT molecular complexity index is 1050. The molecule has 2 aromatic rings. The molecular formula is C23H33N3O5S2. The second kappa shape index (κ2) is 11.1. The summed E-state index contributed by atoms with van der Waals surface area (Å²) in [6.07, 6.45) is 0.854. The van der Waals surface area contributed by atoms with Crippen molar-refractivity contribution in [3.05, 3.63) is 45.4 Å². The Balaban J connectivity index is 0.00000122. The lowest BCUT2D eigenvalue weighted by molar-refractivity contribution is 0.0241. The van der Waals surface area contributed by atoms with E-state index in [1.165, 1.54) is 17.8 Å². The van der Waals surface area contributed by atoms with Crippen molar-refractivity contribution < 1.29 is 22.7 Å². The SMILES string of the molecule is CCC.CCS(=O)(=O)c1ccc(CNC(=O)c2nc3c(s2)CN(C(=O)OC(C)(C)C)C3)cc1. The van der Waals surface area contributed by atoms with E-state index in [0.29, 0.717) is 23.8 Å². The molecule has 1 aliphatic rings. The third kappa shape index (κ3) is 7.53. The third-order valence-corrected chi connectivity index (χ3v) is 7.25. The highest BCUT2D eigenvalue weighted by Crippen LogP contribution is 2.29. The lowest BCUT2D eigenvalue weighted by Gasteiger charge is -2.24. The second-order valence-corrected chi connectivity index (χ2v) is 12.0. The quantitative estimate of drug-likeness (QED) is 0.653. The Morgan fingerprint density at radius 1 is 1.12 bits per heavy atom. The molecule has 0 fully saturated rings. The summed E-state index contributed by atoms with van der Waals surface area (Å²) in [5.41, 5.74) is 0.938. The summed E-state index contributed by atoms with van der Waals surface area (Å²) >= 11 is 1.26. The molecule has 2 amide bonds. The molecule has 1 aromatic carbocycles. The van der Waals surface area contributed by atoms with Gasteiger partial charge in [0.25, 0.3) is 5.91 Å². The molecule has 1 aromatic heterocycles. The van der Waals surface area contributed by atoms with Gasteiger partial charge in [-0.15, -0.1) is 11.3 Å². The Kier molecular flexibility index (Phi) is 9.02. The zero-order valence-electron chi connectivity index (χ0n) is 20.1. The number of sulfone groups is 1. The highest BCUT2D eigenvalue weighted by Gasteiger charge is 2.31. The van der Waals surface area contributed by atoms with Gasteiger partial charge in [-0.05, 0) is 38.5 Å². The van der Waals surface area contributed by atoms with Gasteiger partial charge in [-0.1, -0.05) is 39.3 Å². The van der Waals surface area contributed by atoms with Crippen molar-refractivity contribution in [2.75, 3.05) is 5.75 Å². The van der Waals surface area contributed by atoms with Crippen molar-refractivity contribution in [2.45, 2.75) is 78.1 Å². The predicted molar refractivity (Wildman–Crippen MR) is 129 cm³/mol. The van der Waals surface area contributed by atoms with Crippen LogP contribution in [-0.4, -0.2) is 41.7 Å². The number of nitrogens with zero attached hydrogens (tertiary/aromatic N) is 2. The van der Waals surface area contributed by atoms with Gasteiger partial charge in [0.1, 0.15) is 5.60 Å². The smallest absolute Gasteiger partial charge is 0.410 e. The Morgan fingerprint density at radius 3 is 2.24 bits per heavy atom. The fourth-order valence-electron chi connectivity index (χ4n) is 2.83. The lowest BCUT2D eigenvalue weighted by atomic mass is 10.2. The van der Waals surface area contributed by atoms with E-state index in [1.54, 1.807) is 36.1 Å². The minimum Gasteiger partial charge on any atom is -0.444 e. The Hall–Kier alpha value is -2.46. The molecule has 0 saturated carbocycles. The topological polar surface area (TPSA) is 106 Å². The molecule has 8 nitrogen and oxygen atoms in total. The van der Waals surface area contributed by atoms with Crippen LogP contribution in [0.3, 0.4) is 0 Å². The number of carbonyl (C=O) groups excluding carboxylic acids is 2. The van der Waals surface area contributed by atoms with E-state index < -0.39 is 21.5 Å². The number of amides is 2. The van der Waals surface area contributed by atoms with Crippen molar-refractivity contribution >= 4 is 33.2 Å². The number of thiazole rings is 1. The van der Waals surface area contributed by atoms with E-state index in [4.69, 9.17) is 4.74 Å². The summed E-state index contributed by atoms with van der Waals surface area (Å²) in [5.74, 6) is -0.258. The normalized spacial score (nSPS) is 13.1. The molecule has 0 unspecified atom stereocenters. The van der Waals surface area contributed by atoms with Gasteiger partial charge in [-0.2, -0.15) is 0 Å². The molecule has 1 N–H and O–H groups in total. The predicted octanol–water partition coefficient (Wildman–Crippen LogP) is 4.53. The summed E-state index contributed by atoms with van der Waals surface area (Å²) < 4.78 is 29.1. The van der Waals surface area contributed by atoms with E-state index in [9.17, 15) is 18.0 Å². The monoisotopic (exact) mass is 495 g/mol.